The molecule has 0 saturated carbocycles. The molecule has 0 aliphatic carbocycles. The molecule has 3 aromatic rings. The van der Waals surface area contributed by atoms with Gasteiger partial charge in [0.05, 0.1) is 5.69 Å². The highest BCUT2D eigenvalue weighted by Crippen LogP contribution is 2.15. The first-order valence-electron chi connectivity index (χ1n) is 7.85. The minimum atomic E-state index is 0.465. The molecule has 1 aromatic carbocycles. The van der Waals surface area contributed by atoms with Crippen LogP contribution in [0.2, 0.25) is 0 Å². The molecule has 0 bridgehead atoms. The van der Waals surface area contributed by atoms with Crippen molar-refractivity contribution >= 4 is 0 Å². The van der Waals surface area contributed by atoms with E-state index in [2.05, 4.69) is 54.4 Å². The van der Waals surface area contributed by atoms with Gasteiger partial charge in [0.2, 0.25) is 0 Å². The van der Waals surface area contributed by atoms with Gasteiger partial charge < -0.3 is 9.88 Å². The van der Waals surface area contributed by atoms with Gasteiger partial charge in [0.1, 0.15) is 24.3 Å². The number of fused-ring (bicyclic) bond motifs is 1. The van der Waals surface area contributed by atoms with Crippen LogP contribution < -0.4 is 5.32 Å². The van der Waals surface area contributed by atoms with Gasteiger partial charge in [-0.25, -0.2) is 9.67 Å². The molecule has 1 aliphatic rings. The first-order chi connectivity index (χ1) is 11.3. The minimum absolute atomic E-state index is 0.465. The maximum Gasteiger partial charge on any atom is 0.138 e. The lowest BCUT2D eigenvalue weighted by atomic mass is 10.1. The Bertz CT molecular complexity index is 773. The lowest BCUT2D eigenvalue weighted by Gasteiger charge is -2.25. The van der Waals surface area contributed by atoms with Gasteiger partial charge in [-0.3, -0.25) is 0 Å². The van der Waals surface area contributed by atoms with Gasteiger partial charge in [0.25, 0.3) is 0 Å². The number of nitrogens with zero attached hydrogens (tertiary/aromatic N) is 6. The number of hydrogen-bond donors (Lipinski definition) is 1. The van der Waals surface area contributed by atoms with Crippen molar-refractivity contribution < 1.29 is 0 Å². The molecule has 0 saturated heterocycles. The summed E-state index contributed by atoms with van der Waals surface area (Å²) in [5.74, 6) is 2.11. The van der Waals surface area contributed by atoms with Crippen molar-refractivity contribution in [3.05, 3.63) is 54.1 Å². The van der Waals surface area contributed by atoms with E-state index in [0.717, 1.165) is 43.3 Å². The first kappa shape index (κ1) is 14.1. The second-order valence-electron chi connectivity index (χ2n) is 5.90. The zero-order chi connectivity index (χ0) is 15.6. The van der Waals surface area contributed by atoms with Crippen molar-refractivity contribution in [2.45, 2.75) is 38.9 Å². The number of nitrogens with one attached hydrogen (secondary N) is 1. The van der Waals surface area contributed by atoms with Crippen molar-refractivity contribution in [2.24, 2.45) is 0 Å². The van der Waals surface area contributed by atoms with Crippen LogP contribution in [0, 0.1) is 6.92 Å². The molecule has 1 N–H and O–H groups in total. The fraction of sp³-hybridized carbons (Fsp3) is 0.375. The van der Waals surface area contributed by atoms with Crippen LogP contribution >= 0.6 is 0 Å². The summed E-state index contributed by atoms with van der Waals surface area (Å²) in [4.78, 5) is 3.97. The van der Waals surface area contributed by atoms with E-state index in [1.54, 1.807) is 17.3 Å². The van der Waals surface area contributed by atoms with Gasteiger partial charge in [0, 0.05) is 25.6 Å². The monoisotopic (exact) mass is 309 g/mol. The molecule has 4 rings (SSSR count). The quantitative estimate of drug-likeness (QED) is 0.786. The van der Waals surface area contributed by atoms with Crippen molar-refractivity contribution in [3.63, 3.8) is 0 Å². The number of aryl methyl sites for hydroxylation is 2. The van der Waals surface area contributed by atoms with Gasteiger partial charge in [-0.15, -0.1) is 10.2 Å². The Labute approximate surface area is 134 Å². The number of benzene rings is 1. The standard InChI is InChI=1S/C16H19N7/c1-12-20-21-16-7-4-14(9-22(12)16)18-8-13-2-5-15(6-3-13)23-11-17-10-19-23/h2-3,5-6,10-11,14,18H,4,7-9H2,1H3. The summed E-state index contributed by atoms with van der Waals surface area (Å²) in [7, 11) is 0. The van der Waals surface area contributed by atoms with Crippen molar-refractivity contribution in [1.29, 1.82) is 0 Å². The van der Waals surface area contributed by atoms with E-state index in [4.69, 9.17) is 0 Å². The van der Waals surface area contributed by atoms with Crippen LogP contribution in [0.25, 0.3) is 5.69 Å². The Kier molecular flexibility index (Phi) is 3.63. The molecule has 7 nitrogen and oxygen atoms in total. The zero-order valence-corrected chi connectivity index (χ0v) is 13.1. The summed E-state index contributed by atoms with van der Waals surface area (Å²) in [6, 6.07) is 8.85. The van der Waals surface area contributed by atoms with Gasteiger partial charge >= 0.3 is 0 Å². The third-order valence-electron chi connectivity index (χ3n) is 4.35. The van der Waals surface area contributed by atoms with Crippen LogP contribution in [-0.4, -0.2) is 35.6 Å². The fourth-order valence-corrected chi connectivity index (χ4v) is 3.00. The molecule has 2 aromatic heterocycles. The molecule has 1 unspecified atom stereocenters. The van der Waals surface area contributed by atoms with E-state index in [-0.39, 0.29) is 0 Å². The number of hydrogen-bond acceptors (Lipinski definition) is 5. The highest BCUT2D eigenvalue weighted by atomic mass is 15.3. The third kappa shape index (κ3) is 2.87. The summed E-state index contributed by atoms with van der Waals surface area (Å²) in [6.07, 6.45) is 5.34. The summed E-state index contributed by atoms with van der Waals surface area (Å²) < 4.78 is 3.98. The van der Waals surface area contributed by atoms with Crippen LogP contribution in [0.15, 0.2) is 36.9 Å². The summed E-state index contributed by atoms with van der Waals surface area (Å²) >= 11 is 0. The maximum absolute atomic E-state index is 4.21. The smallest absolute Gasteiger partial charge is 0.138 e. The Balaban J connectivity index is 1.37. The van der Waals surface area contributed by atoms with Crippen molar-refractivity contribution in [2.75, 3.05) is 0 Å². The molecule has 1 aliphatic heterocycles. The second-order valence-corrected chi connectivity index (χ2v) is 5.90. The number of aromatic nitrogens is 6. The number of rotatable bonds is 4. The molecular weight excluding hydrogens is 290 g/mol. The zero-order valence-electron chi connectivity index (χ0n) is 13.1. The topological polar surface area (TPSA) is 73.5 Å². The average molecular weight is 309 g/mol. The summed E-state index contributed by atoms with van der Waals surface area (Å²) in [6.45, 7) is 3.83. The molecule has 0 spiro atoms. The van der Waals surface area contributed by atoms with Gasteiger partial charge in [-0.1, -0.05) is 12.1 Å². The van der Waals surface area contributed by atoms with Crippen LogP contribution in [0.4, 0.5) is 0 Å². The predicted molar refractivity (Wildman–Crippen MR) is 85.1 cm³/mol. The fourth-order valence-electron chi connectivity index (χ4n) is 3.00. The highest BCUT2D eigenvalue weighted by Gasteiger charge is 2.20. The van der Waals surface area contributed by atoms with Gasteiger partial charge in [0.15, 0.2) is 0 Å². The first-order valence-corrected chi connectivity index (χ1v) is 7.85. The molecule has 0 fully saturated rings. The third-order valence-corrected chi connectivity index (χ3v) is 4.35. The molecule has 23 heavy (non-hydrogen) atoms. The Morgan fingerprint density at radius 2 is 2.09 bits per heavy atom. The maximum atomic E-state index is 4.21. The molecule has 0 radical (unpaired) electrons. The summed E-state index contributed by atoms with van der Waals surface area (Å²) in [5.41, 5.74) is 2.29. The molecule has 118 valence electrons. The van der Waals surface area contributed by atoms with E-state index in [9.17, 15) is 0 Å². The molecular formula is C16H19N7. The predicted octanol–water partition coefficient (Wildman–Crippen LogP) is 1.27. The van der Waals surface area contributed by atoms with Crippen LogP contribution in [0.5, 0.6) is 0 Å². The lowest BCUT2D eigenvalue weighted by Crippen LogP contribution is -2.37. The SMILES string of the molecule is Cc1nnc2n1CC(NCc1ccc(-n3cncn3)cc1)CC2. The Hall–Kier alpha value is -2.54. The van der Waals surface area contributed by atoms with Crippen LogP contribution in [0.1, 0.15) is 23.6 Å². The normalized spacial score (nSPS) is 17.2. The largest absolute Gasteiger partial charge is 0.314 e. The lowest BCUT2D eigenvalue weighted by molar-refractivity contribution is 0.375. The molecule has 0 amide bonds. The van der Waals surface area contributed by atoms with Crippen LogP contribution in [0.3, 0.4) is 0 Å². The van der Waals surface area contributed by atoms with E-state index >= 15 is 0 Å². The van der Waals surface area contributed by atoms with E-state index < -0.39 is 0 Å². The molecule has 7 heteroatoms. The van der Waals surface area contributed by atoms with Crippen molar-refractivity contribution in [3.8, 4) is 5.69 Å². The summed E-state index contributed by atoms with van der Waals surface area (Å²) in [5, 5.41) is 16.1. The van der Waals surface area contributed by atoms with E-state index in [1.807, 2.05) is 6.92 Å². The van der Waals surface area contributed by atoms with Gasteiger partial charge in [-0.05, 0) is 31.0 Å². The highest BCUT2D eigenvalue weighted by molar-refractivity contribution is 5.33. The Morgan fingerprint density at radius 1 is 1.22 bits per heavy atom. The van der Waals surface area contributed by atoms with E-state index in [0.29, 0.717) is 6.04 Å². The molecule has 1 atom stereocenters. The second kappa shape index (κ2) is 5.92. The average Bonchev–Trinajstić information content (AvgIpc) is 3.24. The minimum Gasteiger partial charge on any atom is -0.314 e. The van der Waals surface area contributed by atoms with Crippen LogP contribution in [-0.2, 0) is 19.5 Å². The van der Waals surface area contributed by atoms with Gasteiger partial charge in [-0.2, -0.15) is 5.10 Å². The molecule has 3 heterocycles. The Morgan fingerprint density at radius 3 is 2.87 bits per heavy atom. The van der Waals surface area contributed by atoms with Crippen molar-refractivity contribution in [1.82, 2.24) is 34.8 Å². The van der Waals surface area contributed by atoms with E-state index in [1.165, 1.54) is 5.56 Å².